The predicted molar refractivity (Wildman–Crippen MR) is 105 cm³/mol. The van der Waals surface area contributed by atoms with Crippen molar-refractivity contribution in [3.8, 4) is 0 Å². The Kier molecular flexibility index (Phi) is 6.51. The zero-order valence-corrected chi connectivity index (χ0v) is 16.8. The van der Waals surface area contributed by atoms with Crippen LogP contribution >= 0.6 is 11.6 Å². The number of amides is 2. The predicted octanol–water partition coefficient (Wildman–Crippen LogP) is 2.34. The molecular formula is C19H19ClFN3O4S. The fourth-order valence-electron chi connectivity index (χ4n) is 3.03. The Labute approximate surface area is 172 Å². The van der Waals surface area contributed by atoms with Crippen LogP contribution < -0.4 is 10.9 Å². The molecular weight excluding hydrogens is 421 g/mol. The topological polar surface area (TPSA) is 95.6 Å². The number of nitrogens with zero attached hydrogens (tertiary/aromatic N) is 1. The second-order valence-corrected chi connectivity index (χ2v) is 8.91. The molecule has 0 aromatic heterocycles. The minimum absolute atomic E-state index is 0.0954. The van der Waals surface area contributed by atoms with Crippen molar-refractivity contribution in [3.05, 3.63) is 64.9 Å². The van der Waals surface area contributed by atoms with Gasteiger partial charge in [0.15, 0.2) is 0 Å². The molecule has 7 nitrogen and oxygen atoms in total. The highest BCUT2D eigenvalue weighted by atomic mass is 35.5. The normalized spacial score (nSPS) is 15.7. The number of halogens is 2. The van der Waals surface area contributed by atoms with Crippen LogP contribution in [0.4, 0.5) is 4.39 Å². The molecule has 2 N–H and O–H groups in total. The van der Waals surface area contributed by atoms with Crippen LogP contribution in [0.1, 0.15) is 23.2 Å². The van der Waals surface area contributed by atoms with Gasteiger partial charge in [-0.3, -0.25) is 20.4 Å². The van der Waals surface area contributed by atoms with Crippen LogP contribution in [-0.2, 0) is 14.8 Å². The maximum absolute atomic E-state index is 13.3. The standard InChI is InChI=1S/C19H19ClFN3O4S/c20-16-12-15(6-7-17(16)21)29(27,28)24-10-8-14(9-11-24)19(26)23-22-18(25)13-4-2-1-3-5-13/h1-7,12,14H,8-11H2,(H,22,25)(H,23,26). The van der Waals surface area contributed by atoms with Crippen molar-refractivity contribution in [2.75, 3.05) is 13.1 Å². The van der Waals surface area contributed by atoms with Gasteiger partial charge in [0.25, 0.3) is 5.91 Å². The van der Waals surface area contributed by atoms with Crippen LogP contribution in [0.25, 0.3) is 0 Å². The van der Waals surface area contributed by atoms with E-state index in [1.165, 1.54) is 4.31 Å². The molecule has 2 aromatic carbocycles. The first-order chi connectivity index (χ1) is 13.8. The number of hydrazine groups is 1. The summed E-state index contributed by atoms with van der Waals surface area (Å²) in [4.78, 5) is 24.2. The van der Waals surface area contributed by atoms with Crippen molar-refractivity contribution in [1.29, 1.82) is 0 Å². The van der Waals surface area contributed by atoms with E-state index in [1.807, 2.05) is 0 Å². The highest BCUT2D eigenvalue weighted by molar-refractivity contribution is 7.89. The van der Waals surface area contributed by atoms with Crippen LogP contribution in [-0.4, -0.2) is 37.6 Å². The third-order valence-corrected chi connectivity index (χ3v) is 6.87. The van der Waals surface area contributed by atoms with E-state index in [-0.39, 0.29) is 28.9 Å². The lowest BCUT2D eigenvalue weighted by atomic mass is 9.98. The van der Waals surface area contributed by atoms with Crippen LogP contribution in [0.15, 0.2) is 53.4 Å². The molecule has 0 saturated carbocycles. The number of hydrogen-bond donors (Lipinski definition) is 2. The van der Waals surface area contributed by atoms with Gasteiger partial charge in [0.2, 0.25) is 15.9 Å². The maximum Gasteiger partial charge on any atom is 0.269 e. The average molecular weight is 440 g/mol. The number of hydrogen-bond acceptors (Lipinski definition) is 4. The van der Waals surface area contributed by atoms with E-state index in [4.69, 9.17) is 11.6 Å². The maximum atomic E-state index is 13.3. The van der Waals surface area contributed by atoms with E-state index in [0.717, 1.165) is 18.2 Å². The summed E-state index contributed by atoms with van der Waals surface area (Å²) in [6.45, 7) is 0.254. The largest absolute Gasteiger partial charge is 0.273 e. The Hall–Kier alpha value is -2.49. The van der Waals surface area contributed by atoms with Crippen molar-refractivity contribution in [2.45, 2.75) is 17.7 Å². The molecule has 0 bridgehead atoms. The van der Waals surface area contributed by atoms with Gasteiger partial charge >= 0.3 is 0 Å². The molecule has 154 valence electrons. The summed E-state index contributed by atoms with van der Waals surface area (Å²) < 4.78 is 39.9. The van der Waals surface area contributed by atoms with Crippen LogP contribution in [0.2, 0.25) is 5.02 Å². The van der Waals surface area contributed by atoms with Gasteiger partial charge in [0.1, 0.15) is 5.82 Å². The number of rotatable bonds is 4. The molecule has 0 radical (unpaired) electrons. The molecule has 0 unspecified atom stereocenters. The summed E-state index contributed by atoms with van der Waals surface area (Å²) in [7, 11) is -3.83. The molecule has 0 atom stereocenters. The van der Waals surface area contributed by atoms with Gasteiger partial charge < -0.3 is 0 Å². The fraction of sp³-hybridized carbons (Fsp3) is 0.263. The minimum atomic E-state index is -3.83. The minimum Gasteiger partial charge on any atom is -0.273 e. The Morgan fingerprint density at radius 1 is 1.03 bits per heavy atom. The molecule has 29 heavy (non-hydrogen) atoms. The zero-order chi connectivity index (χ0) is 21.0. The molecule has 1 fully saturated rings. The highest BCUT2D eigenvalue weighted by Crippen LogP contribution is 2.26. The smallest absolute Gasteiger partial charge is 0.269 e. The molecule has 10 heteroatoms. The van der Waals surface area contributed by atoms with Crippen molar-refractivity contribution in [1.82, 2.24) is 15.2 Å². The monoisotopic (exact) mass is 439 g/mol. The summed E-state index contributed by atoms with van der Waals surface area (Å²) in [5.74, 6) is -1.95. The van der Waals surface area contributed by atoms with Crippen molar-refractivity contribution in [2.24, 2.45) is 5.92 Å². The van der Waals surface area contributed by atoms with Crippen LogP contribution in [0, 0.1) is 11.7 Å². The SMILES string of the molecule is O=C(NNC(=O)C1CCN(S(=O)(=O)c2ccc(F)c(Cl)c2)CC1)c1ccccc1. The Balaban J connectivity index is 1.55. The first-order valence-electron chi connectivity index (χ1n) is 8.89. The lowest BCUT2D eigenvalue weighted by molar-refractivity contribution is -0.126. The summed E-state index contributed by atoms with van der Waals surface area (Å²) in [6, 6.07) is 11.7. The molecule has 3 rings (SSSR count). The van der Waals surface area contributed by atoms with Gasteiger partial charge in [-0.2, -0.15) is 4.31 Å². The van der Waals surface area contributed by atoms with Gasteiger partial charge in [-0.25, -0.2) is 12.8 Å². The Morgan fingerprint density at radius 3 is 2.31 bits per heavy atom. The van der Waals surface area contributed by atoms with E-state index < -0.39 is 27.7 Å². The second kappa shape index (κ2) is 8.89. The van der Waals surface area contributed by atoms with E-state index >= 15 is 0 Å². The Morgan fingerprint density at radius 2 is 1.69 bits per heavy atom. The molecule has 0 aliphatic carbocycles. The fourth-order valence-corrected chi connectivity index (χ4v) is 4.77. The molecule has 0 spiro atoms. The van der Waals surface area contributed by atoms with E-state index in [9.17, 15) is 22.4 Å². The first-order valence-corrected chi connectivity index (χ1v) is 10.7. The highest BCUT2D eigenvalue weighted by Gasteiger charge is 2.32. The number of nitrogens with one attached hydrogen (secondary N) is 2. The molecule has 1 aliphatic heterocycles. The summed E-state index contributed by atoms with van der Waals surface area (Å²) in [5, 5.41) is -0.269. The number of benzene rings is 2. The van der Waals surface area contributed by atoms with Gasteiger partial charge in [-0.15, -0.1) is 0 Å². The number of piperidine rings is 1. The van der Waals surface area contributed by atoms with Gasteiger partial charge in [0.05, 0.1) is 9.92 Å². The zero-order valence-electron chi connectivity index (χ0n) is 15.3. The molecule has 1 aliphatic rings. The van der Waals surface area contributed by atoms with Gasteiger partial charge in [-0.1, -0.05) is 29.8 Å². The first kappa shape index (κ1) is 21.2. The lowest BCUT2D eigenvalue weighted by Crippen LogP contribution is -2.48. The molecule has 2 aromatic rings. The quantitative estimate of drug-likeness (QED) is 0.715. The van der Waals surface area contributed by atoms with E-state index in [2.05, 4.69) is 10.9 Å². The van der Waals surface area contributed by atoms with Crippen molar-refractivity contribution < 1.29 is 22.4 Å². The Bertz CT molecular complexity index is 1010. The third kappa shape index (κ3) is 4.92. The molecule has 1 heterocycles. The summed E-state index contributed by atoms with van der Waals surface area (Å²) in [5.41, 5.74) is 5.15. The van der Waals surface area contributed by atoms with E-state index in [0.29, 0.717) is 18.4 Å². The van der Waals surface area contributed by atoms with Crippen LogP contribution in [0.3, 0.4) is 0 Å². The van der Waals surface area contributed by atoms with Crippen molar-refractivity contribution >= 4 is 33.4 Å². The summed E-state index contributed by atoms with van der Waals surface area (Å²) in [6.07, 6.45) is 0.586. The second-order valence-electron chi connectivity index (χ2n) is 6.56. The number of carbonyl (C=O) groups excluding carboxylic acids is 2. The average Bonchev–Trinajstić information content (AvgIpc) is 2.74. The van der Waals surface area contributed by atoms with Gasteiger partial charge in [0, 0.05) is 24.6 Å². The van der Waals surface area contributed by atoms with Gasteiger partial charge in [-0.05, 0) is 43.2 Å². The molecule has 2 amide bonds. The molecule has 1 saturated heterocycles. The van der Waals surface area contributed by atoms with Crippen molar-refractivity contribution in [3.63, 3.8) is 0 Å². The number of sulfonamides is 1. The van der Waals surface area contributed by atoms with E-state index in [1.54, 1.807) is 30.3 Å². The van der Waals surface area contributed by atoms with Crippen LogP contribution in [0.5, 0.6) is 0 Å². The number of carbonyl (C=O) groups is 2. The third-order valence-electron chi connectivity index (χ3n) is 4.69. The summed E-state index contributed by atoms with van der Waals surface area (Å²) >= 11 is 5.68. The lowest BCUT2D eigenvalue weighted by Gasteiger charge is -2.30.